The zero-order valence-corrected chi connectivity index (χ0v) is 10.3. The zero-order valence-electron chi connectivity index (χ0n) is 9.49. The second-order valence-corrected chi connectivity index (χ2v) is 5.72. The minimum absolute atomic E-state index is 0.452. The summed E-state index contributed by atoms with van der Waals surface area (Å²) in [7, 11) is -1.32. The molecule has 1 heterocycles. The molecule has 1 unspecified atom stereocenters. The van der Waals surface area contributed by atoms with Crippen molar-refractivity contribution in [3.63, 3.8) is 0 Å². The highest BCUT2D eigenvalue weighted by Gasteiger charge is 2.30. The summed E-state index contributed by atoms with van der Waals surface area (Å²) in [6.45, 7) is 4.65. The van der Waals surface area contributed by atoms with Crippen LogP contribution in [0.3, 0.4) is 0 Å². The Bertz CT molecular complexity index is 279. The van der Waals surface area contributed by atoms with Crippen LogP contribution in [0.15, 0.2) is 0 Å². The van der Waals surface area contributed by atoms with Crippen LogP contribution in [-0.2, 0) is 10.2 Å². The number of nitrogens with zero attached hydrogens (tertiary/aromatic N) is 1. The van der Waals surface area contributed by atoms with E-state index in [9.17, 15) is 8.42 Å². The van der Waals surface area contributed by atoms with Gasteiger partial charge in [-0.15, -0.1) is 0 Å². The smallest absolute Gasteiger partial charge is 0.279 e. The van der Waals surface area contributed by atoms with Crippen LogP contribution in [0.2, 0.25) is 0 Å². The van der Waals surface area contributed by atoms with Gasteiger partial charge in [-0.25, -0.2) is 4.72 Å². The Morgan fingerprint density at radius 2 is 2.20 bits per heavy atom. The van der Waals surface area contributed by atoms with E-state index in [1.54, 1.807) is 4.31 Å². The number of nitrogens with one attached hydrogen (secondary N) is 2. The molecule has 0 saturated carbocycles. The SMILES string of the molecule is CCCNS(=O)(=O)N1CCC(CNC)C1. The highest BCUT2D eigenvalue weighted by atomic mass is 32.2. The largest absolute Gasteiger partial charge is 0.319 e. The van der Waals surface area contributed by atoms with Gasteiger partial charge in [0.2, 0.25) is 0 Å². The molecule has 2 N–H and O–H groups in total. The average Bonchev–Trinajstić information content (AvgIpc) is 2.65. The summed E-state index contributed by atoms with van der Waals surface area (Å²) in [6.07, 6.45) is 1.78. The van der Waals surface area contributed by atoms with Crippen molar-refractivity contribution in [3.8, 4) is 0 Å². The first kappa shape index (κ1) is 12.9. The topological polar surface area (TPSA) is 61.4 Å². The molecule has 0 aromatic carbocycles. The van der Waals surface area contributed by atoms with Gasteiger partial charge in [-0.2, -0.15) is 12.7 Å². The Kier molecular flexibility index (Phi) is 4.98. The lowest BCUT2D eigenvalue weighted by Gasteiger charge is -2.16. The fourth-order valence-electron chi connectivity index (χ4n) is 1.79. The van der Waals surface area contributed by atoms with Crippen LogP contribution in [0.4, 0.5) is 0 Å². The second kappa shape index (κ2) is 5.79. The third-order valence-corrected chi connectivity index (χ3v) is 4.20. The lowest BCUT2D eigenvalue weighted by Crippen LogP contribution is -2.40. The average molecular weight is 235 g/mol. The van der Waals surface area contributed by atoms with Crippen molar-refractivity contribution in [3.05, 3.63) is 0 Å². The Balaban J connectivity index is 2.45. The maximum atomic E-state index is 11.7. The quantitative estimate of drug-likeness (QED) is 0.668. The molecule has 0 amide bonds. The molecule has 0 aromatic heterocycles. The molecule has 1 aliphatic heterocycles. The molecule has 1 aliphatic rings. The summed E-state index contributed by atoms with van der Waals surface area (Å²) >= 11 is 0. The summed E-state index contributed by atoms with van der Waals surface area (Å²) in [5, 5.41) is 3.08. The van der Waals surface area contributed by atoms with E-state index in [1.165, 1.54) is 0 Å². The Hall–Kier alpha value is -0.170. The van der Waals surface area contributed by atoms with E-state index in [1.807, 2.05) is 14.0 Å². The second-order valence-electron chi connectivity index (χ2n) is 3.97. The fourth-order valence-corrected chi connectivity index (χ4v) is 3.19. The summed E-state index contributed by atoms with van der Waals surface area (Å²) in [4.78, 5) is 0. The predicted molar refractivity (Wildman–Crippen MR) is 60.8 cm³/mol. The molecule has 15 heavy (non-hydrogen) atoms. The van der Waals surface area contributed by atoms with Gasteiger partial charge in [-0.3, -0.25) is 0 Å². The molecular weight excluding hydrogens is 214 g/mol. The van der Waals surface area contributed by atoms with Gasteiger partial charge >= 0.3 is 0 Å². The van der Waals surface area contributed by atoms with Gasteiger partial charge in [-0.05, 0) is 32.4 Å². The van der Waals surface area contributed by atoms with Gasteiger partial charge in [0.15, 0.2) is 0 Å². The first-order valence-corrected chi connectivity index (χ1v) is 6.93. The van der Waals surface area contributed by atoms with Crippen molar-refractivity contribution in [2.24, 2.45) is 5.92 Å². The number of hydrogen-bond acceptors (Lipinski definition) is 3. The Morgan fingerprint density at radius 1 is 1.47 bits per heavy atom. The highest BCUT2D eigenvalue weighted by Crippen LogP contribution is 2.17. The monoisotopic (exact) mass is 235 g/mol. The van der Waals surface area contributed by atoms with Crippen molar-refractivity contribution >= 4 is 10.2 Å². The number of rotatable bonds is 6. The predicted octanol–water partition coefficient (Wildman–Crippen LogP) is -0.228. The third kappa shape index (κ3) is 3.71. The van der Waals surface area contributed by atoms with Crippen molar-refractivity contribution in [1.82, 2.24) is 14.3 Å². The van der Waals surface area contributed by atoms with E-state index in [0.717, 1.165) is 19.4 Å². The molecular formula is C9H21N3O2S. The molecule has 6 heteroatoms. The van der Waals surface area contributed by atoms with Gasteiger partial charge in [0.05, 0.1) is 0 Å². The summed E-state index contributed by atoms with van der Waals surface area (Å²) in [5.41, 5.74) is 0. The van der Waals surface area contributed by atoms with Gasteiger partial charge in [0.25, 0.3) is 10.2 Å². The molecule has 0 aromatic rings. The molecule has 0 radical (unpaired) electrons. The summed E-state index contributed by atoms with van der Waals surface area (Å²) in [5.74, 6) is 0.452. The molecule has 1 saturated heterocycles. The van der Waals surface area contributed by atoms with Gasteiger partial charge in [-0.1, -0.05) is 6.92 Å². The fraction of sp³-hybridized carbons (Fsp3) is 1.00. The van der Waals surface area contributed by atoms with Crippen molar-refractivity contribution in [1.29, 1.82) is 0 Å². The van der Waals surface area contributed by atoms with Gasteiger partial charge < -0.3 is 5.32 Å². The number of hydrogen-bond donors (Lipinski definition) is 2. The van der Waals surface area contributed by atoms with Crippen molar-refractivity contribution in [2.75, 3.05) is 33.2 Å². The first-order chi connectivity index (χ1) is 7.10. The maximum absolute atomic E-state index is 11.7. The summed E-state index contributed by atoms with van der Waals surface area (Å²) in [6, 6.07) is 0. The van der Waals surface area contributed by atoms with Crippen LogP contribution >= 0.6 is 0 Å². The molecule has 1 atom stereocenters. The minimum Gasteiger partial charge on any atom is -0.319 e. The molecule has 0 aliphatic carbocycles. The normalized spacial score (nSPS) is 23.5. The highest BCUT2D eigenvalue weighted by molar-refractivity contribution is 7.87. The third-order valence-electron chi connectivity index (χ3n) is 2.62. The van der Waals surface area contributed by atoms with Gasteiger partial charge in [0, 0.05) is 19.6 Å². The zero-order chi connectivity index (χ0) is 11.3. The van der Waals surface area contributed by atoms with Crippen LogP contribution in [0.1, 0.15) is 19.8 Å². The lowest BCUT2D eigenvalue weighted by molar-refractivity contribution is 0.442. The Morgan fingerprint density at radius 3 is 2.80 bits per heavy atom. The molecule has 0 bridgehead atoms. The van der Waals surface area contributed by atoms with E-state index in [4.69, 9.17) is 0 Å². The molecule has 90 valence electrons. The molecule has 5 nitrogen and oxygen atoms in total. The van der Waals surface area contributed by atoms with E-state index >= 15 is 0 Å². The van der Waals surface area contributed by atoms with Crippen LogP contribution in [-0.4, -0.2) is 45.9 Å². The minimum atomic E-state index is -3.22. The van der Waals surface area contributed by atoms with Crippen LogP contribution in [0, 0.1) is 5.92 Å². The molecule has 0 spiro atoms. The van der Waals surface area contributed by atoms with E-state index in [0.29, 0.717) is 25.6 Å². The van der Waals surface area contributed by atoms with Gasteiger partial charge in [0.1, 0.15) is 0 Å². The van der Waals surface area contributed by atoms with Crippen molar-refractivity contribution in [2.45, 2.75) is 19.8 Å². The van der Waals surface area contributed by atoms with Crippen LogP contribution < -0.4 is 10.0 Å². The standard InChI is InChI=1S/C9H21N3O2S/c1-3-5-11-15(13,14)12-6-4-9(8-12)7-10-2/h9-11H,3-8H2,1-2H3. The first-order valence-electron chi connectivity index (χ1n) is 5.49. The maximum Gasteiger partial charge on any atom is 0.279 e. The summed E-state index contributed by atoms with van der Waals surface area (Å²) < 4.78 is 27.6. The van der Waals surface area contributed by atoms with E-state index in [2.05, 4.69) is 10.0 Å². The van der Waals surface area contributed by atoms with E-state index in [-0.39, 0.29) is 0 Å². The van der Waals surface area contributed by atoms with Crippen molar-refractivity contribution < 1.29 is 8.42 Å². The van der Waals surface area contributed by atoms with Crippen LogP contribution in [0.25, 0.3) is 0 Å². The van der Waals surface area contributed by atoms with E-state index < -0.39 is 10.2 Å². The lowest BCUT2D eigenvalue weighted by atomic mass is 10.1. The molecule has 1 fully saturated rings. The van der Waals surface area contributed by atoms with Crippen LogP contribution in [0.5, 0.6) is 0 Å². The molecule has 1 rings (SSSR count). The Labute approximate surface area is 92.4 Å².